The largest absolute Gasteiger partial charge is 0.459 e. The third-order valence-electron chi connectivity index (χ3n) is 6.35. The van der Waals surface area contributed by atoms with E-state index in [2.05, 4.69) is 17.6 Å². The number of anilines is 1. The molecule has 1 amide bonds. The number of amides is 1. The van der Waals surface area contributed by atoms with Gasteiger partial charge in [0.15, 0.2) is 5.11 Å². The minimum atomic E-state index is -0.436. The Morgan fingerprint density at radius 2 is 1.72 bits per heavy atom. The number of hydrogen-bond acceptors (Lipinski definition) is 4. The van der Waals surface area contributed by atoms with Crippen LogP contribution in [0.5, 0.6) is 0 Å². The van der Waals surface area contributed by atoms with E-state index in [9.17, 15) is 9.59 Å². The van der Waals surface area contributed by atoms with E-state index < -0.39 is 6.04 Å². The number of thiocarbonyl (C=S) groups is 1. The lowest BCUT2D eigenvalue weighted by molar-refractivity contribution is -0.143. The number of nitrogens with zero attached hydrogens (tertiary/aromatic N) is 1. The van der Waals surface area contributed by atoms with E-state index in [4.69, 9.17) is 17.0 Å². The van der Waals surface area contributed by atoms with Crippen molar-refractivity contribution in [3.8, 4) is 0 Å². The fourth-order valence-electron chi connectivity index (χ4n) is 4.17. The topological polar surface area (TPSA) is 70.7 Å². The first-order valence-electron chi connectivity index (χ1n) is 12.7. The van der Waals surface area contributed by atoms with E-state index in [1.807, 2.05) is 76.3 Å². The summed E-state index contributed by atoms with van der Waals surface area (Å²) in [5.41, 5.74) is 4.68. The molecule has 1 aliphatic heterocycles. The highest BCUT2D eigenvalue weighted by Gasteiger charge is 2.33. The molecule has 6 nitrogen and oxygen atoms in total. The summed E-state index contributed by atoms with van der Waals surface area (Å²) in [7, 11) is 1.82. The Morgan fingerprint density at radius 3 is 2.33 bits per heavy atom. The summed E-state index contributed by atoms with van der Waals surface area (Å²) in [6.07, 6.45) is 5.71. The van der Waals surface area contributed by atoms with Gasteiger partial charge in [0.1, 0.15) is 0 Å². The molecular formula is C29H37N3O3S. The molecule has 0 aliphatic carbocycles. The van der Waals surface area contributed by atoms with Gasteiger partial charge in [0.05, 0.1) is 17.7 Å². The molecular weight excluding hydrogens is 470 g/mol. The zero-order valence-electron chi connectivity index (χ0n) is 21.9. The normalized spacial score (nSPS) is 15.7. The van der Waals surface area contributed by atoms with Crippen molar-refractivity contribution in [3.63, 3.8) is 0 Å². The average molecular weight is 508 g/mol. The number of nitrogens with one attached hydrogen (secondary N) is 2. The van der Waals surface area contributed by atoms with Crippen molar-refractivity contribution in [1.29, 1.82) is 0 Å². The Hall–Kier alpha value is -3.19. The van der Waals surface area contributed by atoms with Crippen LogP contribution in [0.4, 0.5) is 5.69 Å². The Balaban J connectivity index is 1.70. The van der Waals surface area contributed by atoms with Gasteiger partial charge in [-0.25, -0.2) is 4.79 Å². The van der Waals surface area contributed by atoms with Crippen molar-refractivity contribution in [2.24, 2.45) is 0 Å². The second-order valence-electron chi connectivity index (χ2n) is 9.48. The van der Waals surface area contributed by atoms with Crippen LogP contribution in [0.1, 0.15) is 80.9 Å². The number of hydrogen-bond donors (Lipinski definition) is 2. The molecule has 1 aliphatic rings. The van der Waals surface area contributed by atoms with Gasteiger partial charge < -0.3 is 20.3 Å². The summed E-state index contributed by atoms with van der Waals surface area (Å²) in [6.45, 7) is 7.72. The van der Waals surface area contributed by atoms with Crippen LogP contribution in [0.25, 0.3) is 0 Å². The summed E-state index contributed by atoms with van der Waals surface area (Å²) in [6, 6.07) is 14.8. The van der Waals surface area contributed by atoms with Gasteiger partial charge in [-0.05, 0) is 81.2 Å². The standard InChI is InChI=1S/C29H37N3O3S/c1-6-7-8-9-10-21-11-13-23(14-12-21)27(33)30-24-17-15-22(16-18-24)26-25(28(34)35-19(2)3)20(4)32(5)29(36)31-26/h11-19,26H,6-10H2,1-5H3,(H,30,33)(H,31,36). The smallest absolute Gasteiger partial charge is 0.338 e. The van der Waals surface area contributed by atoms with Crippen molar-refractivity contribution in [1.82, 2.24) is 10.2 Å². The van der Waals surface area contributed by atoms with Gasteiger partial charge in [-0.15, -0.1) is 0 Å². The van der Waals surface area contributed by atoms with Gasteiger partial charge in [-0.2, -0.15) is 0 Å². The van der Waals surface area contributed by atoms with Crippen LogP contribution >= 0.6 is 12.2 Å². The van der Waals surface area contributed by atoms with Crippen LogP contribution in [0.15, 0.2) is 59.8 Å². The Bertz CT molecular complexity index is 1110. The third-order valence-corrected chi connectivity index (χ3v) is 6.75. The molecule has 2 aromatic carbocycles. The summed E-state index contributed by atoms with van der Waals surface area (Å²) in [5, 5.41) is 6.73. The summed E-state index contributed by atoms with van der Waals surface area (Å²) in [4.78, 5) is 27.4. The van der Waals surface area contributed by atoms with Crippen molar-refractivity contribution < 1.29 is 14.3 Å². The van der Waals surface area contributed by atoms with Crippen LogP contribution in [-0.2, 0) is 16.0 Å². The molecule has 1 unspecified atom stereocenters. The fraction of sp³-hybridized carbons (Fsp3) is 0.414. The quantitative estimate of drug-likeness (QED) is 0.228. The minimum absolute atomic E-state index is 0.157. The zero-order chi connectivity index (χ0) is 26.2. The lowest BCUT2D eigenvalue weighted by Gasteiger charge is -2.35. The molecule has 1 heterocycles. The maximum absolute atomic E-state index is 12.9. The van der Waals surface area contributed by atoms with Gasteiger partial charge in [0.2, 0.25) is 0 Å². The Morgan fingerprint density at radius 1 is 1.06 bits per heavy atom. The maximum atomic E-state index is 12.9. The second kappa shape index (κ2) is 12.7. The first-order chi connectivity index (χ1) is 17.2. The number of esters is 1. The van der Waals surface area contributed by atoms with Crippen molar-refractivity contribution in [2.75, 3.05) is 12.4 Å². The summed E-state index contributed by atoms with van der Waals surface area (Å²) in [5.74, 6) is -0.531. The van der Waals surface area contributed by atoms with Gasteiger partial charge >= 0.3 is 5.97 Å². The fourth-order valence-corrected chi connectivity index (χ4v) is 4.42. The molecule has 2 N–H and O–H groups in total. The monoisotopic (exact) mass is 507 g/mol. The number of carbonyl (C=O) groups is 2. The SMILES string of the molecule is CCCCCCc1ccc(C(=O)Nc2ccc(C3NC(=S)N(C)C(C)=C3C(=O)OC(C)C)cc2)cc1. The lowest BCUT2D eigenvalue weighted by Crippen LogP contribution is -2.46. The zero-order valence-corrected chi connectivity index (χ0v) is 22.7. The van der Waals surface area contributed by atoms with Gasteiger partial charge in [0, 0.05) is 24.0 Å². The first-order valence-corrected chi connectivity index (χ1v) is 13.1. The molecule has 7 heteroatoms. The van der Waals surface area contributed by atoms with Crippen LogP contribution in [0, 0.1) is 0 Å². The molecule has 0 aromatic heterocycles. The Kier molecular flexibility index (Phi) is 9.65. The van der Waals surface area contributed by atoms with Gasteiger partial charge in [-0.1, -0.05) is 50.5 Å². The molecule has 192 valence electrons. The Labute approximate surface area is 220 Å². The second-order valence-corrected chi connectivity index (χ2v) is 9.87. The molecule has 0 radical (unpaired) electrons. The number of carbonyl (C=O) groups excluding carboxylic acids is 2. The number of allylic oxidation sites excluding steroid dienone is 1. The van der Waals surface area contributed by atoms with E-state index >= 15 is 0 Å². The summed E-state index contributed by atoms with van der Waals surface area (Å²) >= 11 is 5.46. The number of unbranched alkanes of at least 4 members (excludes halogenated alkanes) is 3. The maximum Gasteiger partial charge on any atom is 0.338 e. The number of aryl methyl sites for hydroxylation is 1. The number of rotatable bonds is 10. The molecule has 36 heavy (non-hydrogen) atoms. The van der Waals surface area contributed by atoms with Crippen molar-refractivity contribution >= 4 is 34.9 Å². The molecule has 1 atom stereocenters. The minimum Gasteiger partial charge on any atom is -0.459 e. The molecule has 0 saturated carbocycles. The average Bonchev–Trinajstić information content (AvgIpc) is 2.85. The van der Waals surface area contributed by atoms with E-state index in [1.165, 1.54) is 31.2 Å². The highest BCUT2D eigenvalue weighted by atomic mass is 32.1. The molecule has 0 spiro atoms. The highest BCUT2D eigenvalue weighted by molar-refractivity contribution is 7.80. The summed E-state index contributed by atoms with van der Waals surface area (Å²) < 4.78 is 5.50. The van der Waals surface area contributed by atoms with E-state index in [1.54, 1.807) is 4.90 Å². The highest BCUT2D eigenvalue weighted by Crippen LogP contribution is 2.31. The number of ether oxygens (including phenoxy) is 1. The van der Waals surface area contributed by atoms with Gasteiger partial charge in [-0.3, -0.25) is 4.79 Å². The van der Waals surface area contributed by atoms with E-state index in [0.29, 0.717) is 21.9 Å². The first kappa shape index (κ1) is 27.4. The molecule has 0 saturated heterocycles. The van der Waals surface area contributed by atoms with Crippen molar-refractivity contribution in [2.45, 2.75) is 71.9 Å². The predicted octanol–water partition coefficient (Wildman–Crippen LogP) is 6.15. The lowest BCUT2D eigenvalue weighted by atomic mass is 9.95. The van der Waals surface area contributed by atoms with Gasteiger partial charge in [0.25, 0.3) is 5.91 Å². The molecule has 0 bridgehead atoms. The van der Waals surface area contributed by atoms with Crippen LogP contribution in [0.3, 0.4) is 0 Å². The molecule has 0 fully saturated rings. The molecule has 3 rings (SSSR count). The van der Waals surface area contributed by atoms with Crippen LogP contribution in [-0.4, -0.2) is 35.0 Å². The van der Waals surface area contributed by atoms with Crippen LogP contribution < -0.4 is 10.6 Å². The predicted molar refractivity (Wildman–Crippen MR) is 149 cm³/mol. The third kappa shape index (κ3) is 6.94. The van der Waals surface area contributed by atoms with E-state index in [-0.39, 0.29) is 18.0 Å². The van der Waals surface area contributed by atoms with Crippen LogP contribution in [0.2, 0.25) is 0 Å². The molecule has 2 aromatic rings. The number of benzene rings is 2. The van der Waals surface area contributed by atoms with E-state index in [0.717, 1.165) is 17.7 Å². The van der Waals surface area contributed by atoms with Crippen molar-refractivity contribution in [3.05, 3.63) is 76.5 Å².